The summed E-state index contributed by atoms with van der Waals surface area (Å²) < 4.78 is 16.6. The van der Waals surface area contributed by atoms with Crippen LogP contribution in [0, 0.1) is 0 Å². The molecule has 1 aliphatic heterocycles. The Morgan fingerprint density at radius 1 is 1.54 bits per heavy atom. The molecule has 74 valence electrons. The van der Waals surface area contributed by atoms with Crippen LogP contribution in [0.2, 0.25) is 0 Å². The van der Waals surface area contributed by atoms with Gasteiger partial charge in [0.1, 0.15) is 12.8 Å². The van der Waals surface area contributed by atoms with E-state index in [0.717, 1.165) is 0 Å². The summed E-state index contributed by atoms with van der Waals surface area (Å²) in [6.45, 7) is 0.256. The van der Waals surface area contributed by atoms with E-state index in [1.807, 2.05) is 0 Å². The molecule has 1 fully saturated rings. The van der Waals surface area contributed by atoms with Crippen molar-refractivity contribution in [2.75, 3.05) is 19.7 Å². The topological polar surface area (TPSA) is 72.6 Å². The second kappa shape index (κ2) is 4.06. The molecule has 0 spiro atoms. The third-order valence-corrected chi connectivity index (χ3v) is 1.75. The number of rotatable bonds is 3. The van der Waals surface area contributed by atoms with Gasteiger partial charge in [0.15, 0.2) is 0 Å². The molecule has 0 atom stereocenters. The Morgan fingerprint density at radius 2 is 2.15 bits per heavy atom. The molecule has 0 saturated carbocycles. The summed E-state index contributed by atoms with van der Waals surface area (Å²) in [4.78, 5) is 22.6. The van der Waals surface area contributed by atoms with Crippen LogP contribution in [0.25, 0.3) is 0 Å². The van der Waals surface area contributed by atoms with Crippen LogP contribution in [0.1, 0.15) is 6.42 Å². The van der Waals surface area contributed by atoms with Gasteiger partial charge in [-0.25, -0.2) is 9.18 Å². The van der Waals surface area contributed by atoms with E-state index in [0.29, 0.717) is 0 Å². The Morgan fingerprint density at radius 3 is 2.62 bits per heavy atom. The van der Waals surface area contributed by atoms with Gasteiger partial charge in [0, 0.05) is 0 Å². The Balaban J connectivity index is 2.08. The lowest BCUT2D eigenvalue weighted by Crippen LogP contribution is -2.51. The van der Waals surface area contributed by atoms with Crippen LogP contribution >= 0.6 is 0 Å². The molecule has 6 heteroatoms. The minimum atomic E-state index is -0.903. The zero-order chi connectivity index (χ0) is 9.84. The van der Waals surface area contributed by atoms with Gasteiger partial charge >= 0.3 is 6.09 Å². The van der Waals surface area contributed by atoms with Crippen molar-refractivity contribution in [1.29, 1.82) is 0 Å². The molecule has 5 nitrogen and oxygen atoms in total. The Bertz CT molecular complexity index is 216. The van der Waals surface area contributed by atoms with Gasteiger partial charge in [-0.3, -0.25) is 4.79 Å². The highest BCUT2D eigenvalue weighted by Crippen LogP contribution is 2.12. The van der Waals surface area contributed by atoms with Crippen LogP contribution in [-0.2, 0) is 9.53 Å². The fourth-order valence-electron chi connectivity index (χ4n) is 1.03. The van der Waals surface area contributed by atoms with E-state index < -0.39 is 12.3 Å². The predicted octanol–water partition coefficient (Wildman–Crippen LogP) is -0.348. The zero-order valence-electron chi connectivity index (χ0n) is 7.03. The molecule has 13 heavy (non-hydrogen) atoms. The van der Waals surface area contributed by atoms with E-state index in [9.17, 15) is 14.0 Å². The van der Waals surface area contributed by atoms with Crippen molar-refractivity contribution in [2.45, 2.75) is 12.6 Å². The third-order valence-electron chi connectivity index (χ3n) is 1.75. The first kappa shape index (κ1) is 9.76. The number of carbonyl (C=O) groups excluding carboxylic acids is 2. The van der Waals surface area contributed by atoms with Crippen molar-refractivity contribution >= 4 is 12.0 Å². The summed E-state index contributed by atoms with van der Waals surface area (Å²) in [5.74, 6) is -0.213. The van der Waals surface area contributed by atoms with Gasteiger partial charge in [-0.05, 0) is 0 Å². The highest BCUT2D eigenvalue weighted by atomic mass is 19.1. The molecule has 0 unspecified atom stereocenters. The molecule has 2 amide bonds. The number of nitrogens with two attached hydrogens (primary N) is 1. The van der Waals surface area contributed by atoms with Crippen LogP contribution in [0.3, 0.4) is 0 Å². The molecule has 0 aliphatic carbocycles. The summed E-state index contributed by atoms with van der Waals surface area (Å²) in [6, 6.07) is 0. The average molecular weight is 190 g/mol. The standard InChI is InChI=1S/C7H11FN2O3/c8-5-3-10(4-5)6(11)1-2-13-7(9)12/h5H,1-4H2,(H2,9,12). The molecule has 1 saturated heterocycles. The minimum absolute atomic E-state index is 0.0401. The minimum Gasteiger partial charge on any atom is -0.449 e. The first-order valence-electron chi connectivity index (χ1n) is 3.93. The lowest BCUT2D eigenvalue weighted by molar-refractivity contribution is -0.138. The second-order valence-corrected chi connectivity index (χ2v) is 2.81. The lowest BCUT2D eigenvalue weighted by atomic mass is 10.2. The highest BCUT2D eigenvalue weighted by molar-refractivity contribution is 5.77. The number of likely N-dealkylation sites (tertiary alicyclic amines) is 1. The Hall–Kier alpha value is -1.33. The Labute approximate surface area is 74.6 Å². The molecule has 2 N–H and O–H groups in total. The van der Waals surface area contributed by atoms with E-state index in [1.54, 1.807) is 0 Å². The highest BCUT2D eigenvalue weighted by Gasteiger charge is 2.29. The molecule has 1 rings (SSSR count). The monoisotopic (exact) mass is 190 g/mol. The molecular formula is C7H11FN2O3. The number of primary amides is 1. The van der Waals surface area contributed by atoms with Gasteiger partial charge in [0.2, 0.25) is 5.91 Å². The molecule has 0 radical (unpaired) electrons. The van der Waals surface area contributed by atoms with Crippen molar-refractivity contribution in [3.05, 3.63) is 0 Å². The molecule has 0 bridgehead atoms. The van der Waals surface area contributed by atoms with Crippen LogP contribution in [0.15, 0.2) is 0 Å². The summed E-state index contributed by atoms with van der Waals surface area (Å²) in [5, 5.41) is 0. The van der Waals surface area contributed by atoms with Crippen molar-refractivity contribution in [3.63, 3.8) is 0 Å². The maximum absolute atomic E-state index is 12.3. The molecule has 0 aromatic heterocycles. The average Bonchev–Trinajstić information content (AvgIpc) is 1.97. The first-order chi connectivity index (χ1) is 6.09. The zero-order valence-corrected chi connectivity index (χ0v) is 7.03. The molecule has 0 aromatic carbocycles. The maximum Gasteiger partial charge on any atom is 0.404 e. The number of alkyl halides is 1. The Kier molecular flexibility index (Phi) is 3.05. The largest absolute Gasteiger partial charge is 0.449 e. The smallest absolute Gasteiger partial charge is 0.404 e. The van der Waals surface area contributed by atoms with Gasteiger partial charge in [0.05, 0.1) is 19.5 Å². The third kappa shape index (κ3) is 2.89. The van der Waals surface area contributed by atoms with E-state index in [4.69, 9.17) is 0 Å². The quantitative estimate of drug-likeness (QED) is 0.661. The maximum atomic E-state index is 12.3. The number of ether oxygens (including phenoxy) is 1. The number of amides is 2. The van der Waals surface area contributed by atoms with Gasteiger partial charge < -0.3 is 15.4 Å². The molecule has 1 heterocycles. The van der Waals surface area contributed by atoms with Crippen LogP contribution in [0.5, 0.6) is 0 Å². The molecular weight excluding hydrogens is 179 g/mol. The van der Waals surface area contributed by atoms with Crippen molar-refractivity contribution in [2.24, 2.45) is 5.73 Å². The van der Waals surface area contributed by atoms with Crippen LogP contribution in [0.4, 0.5) is 9.18 Å². The van der Waals surface area contributed by atoms with Crippen molar-refractivity contribution in [1.82, 2.24) is 4.90 Å². The second-order valence-electron chi connectivity index (χ2n) is 2.81. The first-order valence-corrected chi connectivity index (χ1v) is 3.93. The van der Waals surface area contributed by atoms with Gasteiger partial charge in [-0.15, -0.1) is 0 Å². The van der Waals surface area contributed by atoms with E-state index in [-0.39, 0.29) is 32.0 Å². The van der Waals surface area contributed by atoms with Crippen molar-refractivity contribution < 1.29 is 18.7 Å². The predicted molar refractivity (Wildman–Crippen MR) is 41.6 cm³/mol. The SMILES string of the molecule is NC(=O)OCCC(=O)N1CC(F)C1. The molecule has 0 aromatic rings. The van der Waals surface area contributed by atoms with E-state index in [2.05, 4.69) is 10.5 Å². The van der Waals surface area contributed by atoms with Crippen LogP contribution < -0.4 is 5.73 Å². The summed E-state index contributed by atoms with van der Waals surface area (Å²) in [7, 11) is 0. The number of hydrogen-bond donors (Lipinski definition) is 1. The summed E-state index contributed by atoms with van der Waals surface area (Å²) >= 11 is 0. The lowest BCUT2D eigenvalue weighted by Gasteiger charge is -2.34. The van der Waals surface area contributed by atoms with Gasteiger partial charge in [0.25, 0.3) is 0 Å². The number of nitrogens with zero attached hydrogens (tertiary/aromatic N) is 1. The van der Waals surface area contributed by atoms with Gasteiger partial charge in [-0.1, -0.05) is 0 Å². The number of carbonyl (C=O) groups is 2. The normalized spacial score (nSPS) is 16.5. The fraction of sp³-hybridized carbons (Fsp3) is 0.714. The van der Waals surface area contributed by atoms with E-state index in [1.165, 1.54) is 4.90 Å². The number of halogens is 1. The summed E-state index contributed by atoms with van der Waals surface area (Å²) in [6.07, 6.45) is -1.74. The van der Waals surface area contributed by atoms with Gasteiger partial charge in [-0.2, -0.15) is 0 Å². The number of hydrogen-bond acceptors (Lipinski definition) is 3. The van der Waals surface area contributed by atoms with E-state index >= 15 is 0 Å². The van der Waals surface area contributed by atoms with Crippen LogP contribution in [-0.4, -0.2) is 42.8 Å². The summed E-state index contributed by atoms with van der Waals surface area (Å²) in [5.41, 5.74) is 4.68. The fourth-order valence-corrected chi connectivity index (χ4v) is 1.03. The van der Waals surface area contributed by atoms with Crippen molar-refractivity contribution in [3.8, 4) is 0 Å². The molecule has 1 aliphatic rings.